The van der Waals surface area contributed by atoms with E-state index in [-0.39, 0.29) is 6.03 Å². The molecular weight excluding hydrogens is 166 g/mol. The summed E-state index contributed by atoms with van der Waals surface area (Å²) in [4.78, 5) is 12.8. The molecule has 0 aliphatic carbocycles. The zero-order chi connectivity index (χ0) is 9.84. The standard InChI is InChI=1S/C9H19N3O/c1-7(6-10)5-8-3-2-4-12(8)9(11)13/h7-8H,2-6,10H2,1H3,(H2,11,13). The number of likely N-dealkylation sites (tertiary alicyclic amines) is 1. The number of urea groups is 1. The van der Waals surface area contributed by atoms with Crippen LogP contribution in [0.5, 0.6) is 0 Å². The largest absolute Gasteiger partial charge is 0.351 e. The van der Waals surface area contributed by atoms with E-state index in [1.807, 2.05) is 0 Å². The highest BCUT2D eigenvalue weighted by atomic mass is 16.2. The van der Waals surface area contributed by atoms with Gasteiger partial charge in [0.25, 0.3) is 0 Å². The topological polar surface area (TPSA) is 72.3 Å². The molecule has 2 unspecified atom stereocenters. The molecule has 1 rings (SSSR count). The van der Waals surface area contributed by atoms with E-state index in [1.54, 1.807) is 4.90 Å². The second-order valence-electron chi connectivity index (χ2n) is 3.90. The fourth-order valence-electron chi connectivity index (χ4n) is 1.93. The molecule has 0 aromatic carbocycles. The number of rotatable bonds is 3. The van der Waals surface area contributed by atoms with E-state index in [2.05, 4.69) is 6.92 Å². The minimum absolute atomic E-state index is 0.285. The third kappa shape index (κ3) is 2.59. The minimum Gasteiger partial charge on any atom is -0.351 e. The molecule has 2 amide bonds. The van der Waals surface area contributed by atoms with Crippen LogP contribution >= 0.6 is 0 Å². The van der Waals surface area contributed by atoms with Crippen LogP contribution in [0.4, 0.5) is 4.79 Å². The monoisotopic (exact) mass is 185 g/mol. The van der Waals surface area contributed by atoms with Crippen molar-refractivity contribution in [1.82, 2.24) is 4.90 Å². The Balaban J connectivity index is 2.44. The van der Waals surface area contributed by atoms with Crippen LogP contribution in [0.3, 0.4) is 0 Å². The SMILES string of the molecule is CC(CN)CC1CCCN1C(N)=O. The Morgan fingerprint density at radius 3 is 2.92 bits per heavy atom. The lowest BCUT2D eigenvalue weighted by Gasteiger charge is -2.24. The number of carbonyl (C=O) groups is 1. The first-order valence-corrected chi connectivity index (χ1v) is 4.91. The maximum Gasteiger partial charge on any atom is 0.315 e. The summed E-state index contributed by atoms with van der Waals surface area (Å²) in [7, 11) is 0. The molecule has 0 bridgehead atoms. The Morgan fingerprint density at radius 2 is 2.38 bits per heavy atom. The molecule has 1 aliphatic heterocycles. The van der Waals surface area contributed by atoms with Crippen LogP contribution in [0.15, 0.2) is 0 Å². The Hall–Kier alpha value is -0.770. The molecule has 76 valence electrons. The summed E-state index contributed by atoms with van der Waals surface area (Å²) in [6.45, 7) is 3.61. The third-order valence-electron chi connectivity index (χ3n) is 2.74. The van der Waals surface area contributed by atoms with Gasteiger partial charge in [0.05, 0.1) is 0 Å². The van der Waals surface area contributed by atoms with E-state index in [0.29, 0.717) is 18.5 Å². The second kappa shape index (κ2) is 4.46. The molecule has 0 aromatic heterocycles. The van der Waals surface area contributed by atoms with Crippen molar-refractivity contribution >= 4 is 6.03 Å². The van der Waals surface area contributed by atoms with E-state index >= 15 is 0 Å². The predicted molar refractivity (Wildman–Crippen MR) is 52.1 cm³/mol. The third-order valence-corrected chi connectivity index (χ3v) is 2.74. The van der Waals surface area contributed by atoms with E-state index < -0.39 is 0 Å². The van der Waals surface area contributed by atoms with Gasteiger partial charge in [0.1, 0.15) is 0 Å². The summed E-state index contributed by atoms with van der Waals surface area (Å²) < 4.78 is 0. The van der Waals surface area contributed by atoms with Gasteiger partial charge in [0, 0.05) is 12.6 Å². The van der Waals surface area contributed by atoms with Crippen molar-refractivity contribution in [2.24, 2.45) is 17.4 Å². The van der Waals surface area contributed by atoms with Crippen LogP contribution in [-0.2, 0) is 0 Å². The van der Waals surface area contributed by atoms with Crippen LogP contribution in [0.25, 0.3) is 0 Å². The summed E-state index contributed by atoms with van der Waals surface area (Å²) in [5.41, 5.74) is 10.8. The molecule has 0 saturated carbocycles. The van der Waals surface area contributed by atoms with E-state index in [4.69, 9.17) is 11.5 Å². The lowest BCUT2D eigenvalue weighted by molar-refractivity contribution is 0.194. The highest BCUT2D eigenvalue weighted by molar-refractivity contribution is 5.72. The Morgan fingerprint density at radius 1 is 1.69 bits per heavy atom. The van der Waals surface area contributed by atoms with Gasteiger partial charge < -0.3 is 16.4 Å². The molecule has 1 saturated heterocycles. The van der Waals surface area contributed by atoms with Crippen LogP contribution in [0.2, 0.25) is 0 Å². The maximum absolute atomic E-state index is 11.0. The van der Waals surface area contributed by atoms with Gasteiger partial charge in [-0.05, 0) is 31.7 Å². The minimum atomic E-state index is -0.285. The fraction of sp³-hybridized carbons (Fsp3) is 0.889. The number of carbonyl (C=O) groups excluding carboxylic acids is 1. The number of nitrogens with zero attached hydrogens (tertiary/aromatic N) is 1. The number of amides is 2. The molecule has 0 aromatic rings. The quantitative estimate of drug-likeness (QED) is 0.672. The molecule has 4 nitrogen and oxygen atoms in total. The summed E-state index contributed by atoms with van der Waals surface area (Å²) in [6, 6.07) is 0.0442. The van der Waals surface area contributed by atoms with Gasteiger partial charge in [-0.25, -0.2) is 4.79 Å². The van der Waals surface area contributed by atoms with Crippen LogP contribution in [0, 0.1) is 5.92 Å². The fourth-order valence-corrected chi connectivity index (χ4v) is 1.93. The van der Waals surface area contributed by atoms with Gasteiger partial charge in [-0.2, -0.15) is 0 Å². The van der Waals surface area contributed by atoms with Crippen LogP contribution in [-0.4, -0.2) is 30.1 Å². The molecular formula is C9H19N3O. The molecule has 1 heterocycles. The van der Waals surface area contributed by atoms with E-state index in [9.17, 15) is 4.79 Å². The first kappa shape index (κ1) is 10.3. The zero-order valence-corrected chi connectivity index (χ0v) is 8.20. The Kier molecular flexibility index (Phi) is 3.54. The summed E-state index contributed by atoms with van der Waals surface area (Å²) in [5, 5.41) is 0. The molecule has 13 heavy (non-hydrogen) atoms. The molecule has 4 N–H and O–H groups in total. The average molecular weight is 185 g/mol. The van der Waals surface area contributed by atoms with Crippen molar-refractivity contribution < 1.29 is 4.79 Å². The van der Waals surface area contributed by atoms with Crippen molar-refractivity contribution in [2.45, 2.75) is 32.2 Å². The number of hydrogen-bond donors (Lipinski definition) is 2. The number of nitrogens with two attached hydrogens (primary N) is 2. The van der Waals surface area contributed by atoms with Crippen LogP contribution in [0.1, 0.15) is 26.2 Å². The summed E-state index contributed by atoms with van der Waals surface area (Å²) in [6.07, 6.45) is 3.14. The summed E-state index contributed by atoms with van der Waals surface area (Å²) in [5.74, 6) is 0.477. The van der Waals surface area contributed by atoms with Gasteiger partial charge in [-0.1, -0.05) is 6.92 Å². The van der Waals surface area contributed by atoms with Crippen molar-refractivity contribution in [2.75, 3.05) is 13.1 Å². The van der Waals surface area contributed by atoms with Crippen molar-refractivity contribution in [3.05, 3.63) is 0 Å². The van der Waals surface area contributed by atoms with E-state index in [1.165, 1.54) is 0 Å². The van der Waals surface area contributed by atoms with Gasteiger partial charge in [-0.15, -0.1) is 0 Å². The Bertz CT molecular complexity index is 184. The van der Waals surface area contributed by atoms with Gasteiger partial charge in [-0.3, -0.25) is 0 Å². The first-order chi connectivity index (χ1) is 6.15. The molecule has 1 fully saturated rings. The van der Waals surface area contributed by atoms with Crippen LogP contribution < -0.4 is 11.5 Å². The molecule has 1 aliphatic rings. The average Bonchev–Trinajstić information content (AvgIpc) is 2.52. The van der Waals surface area contributed by atoms with Gasteiger partial charge in [0.15, 0.2) is 0 Å². The summed E-state index contributed by atoms with van der Waals surface area (Å²) >= 11 is 0. The van der Waals surface area contributed by atoms with Gasteiger partial charge in [0.2, 0.25) is 0 Å². The van der Waals surface area contributed by atoms with Crippen molar-refractivity contribution in [1.29, 1.82) is 0 Å². The highest BCUT2D eigenvalue weighted by Gasteiger charge is 2.27. The Labute approximate surface area is 79.3 Å². The maximum atomic E-state index is 11.0. The first-order valence-electron chi connectivity index (χ1n) is 4.91. The van der Waals surface area contributed by atoms with Crippen molar-refractivity contribution in [3.63, 3.8) is 0 Å². The second-order valence-corrected chi connectivity index (χ2v) is 3.90. The lowest BCUT2D eigenvalue weighted by Crippen LogP contribution is -2.40. The predicted octanol–water partition coefficient (Wildman–Crippen LogP) is 0.514. The highest BCUT2D eigenvalue weighted by Crippen LogP contribution is 2.22. The lowest BCUT2D eigenvalue weighted by atomic mass is 10.0. The normalized spacial score (nSPS) is 24.8. The zero-order valence-electron chi connectivity index (χ0n) is 8.20. The molecule has 2 atom stereocenters. The van der Waals surface area contributed by atoms with E-state index in [0.717, 1.165) is 25.8 Å². The van der Waals surface area contributed by atoms with Gasteiger partial charge >= 0.3 is 6.03 Å². The molecule has 4 heteroatoms. The smallest absolute Gasteiger partial charge is 0.315 e. The number of primary amides is 1. The molecule has 0 spiro atoms. The number of hydrogen-bond acceptors (Lipinski definition) is 2. The van der Waals surface area contributed by atoms with Crippen molar-refractivity contribution in [3.8, 4) is 0 Å². The molecule has 0 radical (unpaired) electrons.